The Bertz CT molecular complexity index is 1470. The number of hydrogen-bond donors (Lipinski definition) is 1. The Morgan fingerprint density at radius 3 is 2.58 bits per heavy atom. The molecular formula is C29H35ClN4O5S. The molecule has 11 heteroatoms. The quantitative estimate of drug-likeness (QED) is 0.316. The van der Waals surface area contributed by atoms with Crippen LogP contribution in [0, 0.1) is 19.8 Å². The van der Waals surface area contributed by atoms with E-state index in [1.54, 1.807) is 48.4 Å². The largest absolute Gasteiger partial charge is 0.351 e. The van der Waals surface area contributed by atoms with Gasteiger partial charge in [-0.15, -0.1) is 0 Å². The number of aromatic nitrogens is 3. The van der Waals surface area contributed by atoms with Gasteiger partial charge in [-0.25, -0.2) is 4.68 Å². The Hall–Kier alpha value is -3.08. The summed E-state index contributed by atoms with van der Waals surface area (Å²) in [6, 6.07) is 8.89. The normalized spacial score (nSPS) is 21.1. The van der Waals surface area contributed by atoms with Crippen LogP contribution >= 0.6 is 11.6 Å². The van der Waals surface area contributed by atoms with Crippen LogP contribution in [0.15, 0.2) is 48.9 Å². The highest BCUT2D eigenvalue weighted by Gasteiger charge is 2.54. The van der Waals surface area contributed by atoms with E-state index in [4.69, 9.17) is 15.8 Å². The molecule has 3 unspecified atom stereocenters. The van der Waals surface area contributed by atoms with Crippen molar-refractivity contribution in [1.82, 2.24) is 20.1 Å². The minimum absolute atomic E-state index is 0.0960. The molecular weight excluding hydrogens is 552 g/mol. The second-order valence-corrected chi connectivity index (χ2v) is 12.7. The van der Waals surface area contributed by atoms with Crippen molar-refractivity contribution < 1.29 is 22.2 Å². The van der Waals surface area contributed by atoms with E-state index in [1.165, 1.54) is 0 Å². The highest BCUT2D eigenvalue weighted by molar-refractivity contribution is 7.86. The molecule has 9 nitrogen and oxygen atoms in total. The Morgan fingerprint density at radius 1 is 1.25 bits per heavy atom. The molecule has 2 aromatic heterocycles. The zero-order valence-electron chi connectivity index (χ0n) is 23.2. The van der Waals surface area contributed by atoms with Gasteiger partial charge in [0.2, 0.25) is 0 Å². The van der Waals surface area contributed by atoms with Crippen molar-refractivity contribution >= 4 is 33.4 Å². The summed E-state index contributed by atoms with van der Waals surface area (Å²) in [4.78, 5) is 30.5. The summed E-state index contributed by atoms with van der Waals surface area (Å²) in [6.07, 6.45) is 6.53. The van der Waals surface area contributed by atoms with Gasteiger partial charge in [-0.05, 0) is 81.0 Å². The van der Waals surface area contributed by atoms with Crippen molar-refractivity contribution in [2.45, 2.75) is 64.9 Å². The second kappa shape index (κ2) is 12.2. The summed E-state index contributed by atoms with van der Waals surface area (Å²) in [5.74, 6) is -1.83. The Balaban J connectivity index is 1.63. The van der Waals surface area contributed by atoms with Crippen LogP contribution in [0.1, 0.15) is 72.6 Å². The molecule has 0 bridgehead atoms. The molecule has 0 aliphatic heterocycles. The lowest BCUT2D eigenvalue weighted by Gasteiger charge is -2.32. The zero-order chi connectivity index (χ0) is 29.1. The third kappa shape index (κ3) is 6.62. The van der Waals surface area contributed by atoms with Gasteiger partial charge in [0.05, 0.1) is 34.2 Å². The predicted octanol–water partition coefficient (Wildman–Crippen LogP) is 4.94. The van der Waals surface area contributed by atoms with E-state index < -0.39 is 27.6 Å². The zero-order valence-corrected chi connectivity index (χ0v) is 24.8. The van der Waals surface area contributed by atoms with Gasteiger partial charge in [0.25, 0.3) is 16.0 Å². The minimum Gasteiger partial charge on any atom is -0.351 e. The Labute approximate surface area is 240 Å². The molecule has 0 saturated heterocycles. The third-order valence-corrected chi connectivity index (χ3v) is 8.99. The first-order valence-electron chi connectivity index (χ1n) is 13.4. The summed E-state index contributed by atoms with van der Waals surface area (Å²) in [5, 5.41) is 7.60. The van der Waals surface area contributed by atoms with Crippen molar-refractivity contribution in [3.63, 3.8) is 0 Å². The monoisotopic (exact) mass is 586 g/mol. The molecule has 40 heavy (non-hydrogen) atoms. The van der Waals surface area contributed by atoms with E-state index in [0.717, 1.165) is 22.4 Å². The van der Waals surface area contributed by atoms with Crippen molar-refractivity contribution in [2.75, 3.05) is 12.3 Å². The Kier molecular flexibility index (Phi) is 9.12. The fraction of sp³-hybridized carbons (Fsp3) is 0.448. The van der Waals surface area contributed by atoms with Crippen LogP contribution in [-0.4, -0.2) is 52.8 Å². The number of unbranched alkanes of at least 4 members (excludes halogenated alkanes) is 1. The number of halogens is 1. The number of rotatable bonds is 11. The number of carbonyl (C=O) groups is 2. The first-order valence-corrected chi connectivity index (χ1v) is 15.4. The molecule has 0 spiro atoms. The molecule has 1 aromatic carbocycles. The lowest BCUT2D eigenvalue weighted by molar-refractivity contribution is -0.123. The maximum atomic E-state index is 14.0. The van der Waals surface area contributed by atoms with Crippen LogP contribution < -0.4 is 5.32 Å². The number of carbonyl (C=O) groups excluding carboxylic acids is 2. The highest BCUT2D eigenvalue weighted by atomic mass is 35.5. The van der Waals surface area contributed by atoms with Gasteiger partial charge >= 0.3 is 0 Å². The van der Waals surface area contributed by atoms with Gasteiger partial charge in [-0.2, -0.15) is 13.5 Å². The molecule has 1 aliphatic rings. The van der Waals surface area contributed by atoms with Crippen molar-refractivity contribution in [2.24, 2.45) is 5.92 Å². The van der Waals surface area contributed by atoms with E-state index in [-0.39, 0.29) is 36.1 Å². The van der Waals surface area contributed by atoms with Gasteiger partial charge in [-0.3, -0.25) is 18.8 Å². The fourth-order valence-corrected chi connectivity index (χ4v) is 7.21. The van der Waals surface area contributed by atoms with E-state index >= 15 is 0 Å². The molecule has 3 atom stereocenters. The number of nitrogens with zero attached hydrogens (tertiary/aromatic N) is 3. The number of hydrogen-bond acceptors (Lipinski definition) is 7. The predicted molar refractivity (Wildman–Crippen MR) is 153 cm³/mol. The average molecular weight is 587 g/mol. The first-order chi connectivity index (χ1) is 18.9. The number of ketones is 1. The molecule has 1 N–H and O–H groups in total. The van der Waals surface area contributed by atoms with Gasteiger partial charge in [0.15, 0.2) is 0 Å². The van der Waals surface area contributed by atoms with Crippen LogP contribution in [0.5, 0.6) is 0 Å². The van der Waals surface area contributed by atoms with Crippen molar-refractivity contribution in [3.8, 4) is 5.69 Å². The van der Waals surface area contributed by atoms with Gasteiger partial charge in [0.1, 0.15) is 11.5 Å². The van der Waals surface area contributed by atoms with Crippen LogP contribution in [0.25, 0.3) is 5.69 Å². The summed E-state index contributed by atoms with van der Waals surface area (Å²) in [5.41, 5.74) is 2.20. The van der Waals surface area contributed by atoms with Crippen LogP contribution in [-0.2, 0) is 19.1 Å². The molecule has 1 amide bonds. The van der Waals surface area contributed by atoms with E-state index in [1.807, 2.05) is 32.9 Å². The van der Waals surface area contributed by atoms with E-state index in [9.17, 15) is 18.0 Å². The summed E-state index contributed by atoms with van der Waals surface area (Å²) >= 11 is 6.06. The van der Waals surface area contributed by atoms with E-state index in [0.29, 0.717) is 24.3 Å². The van der Waals surface area contributed by atoms with Crippen LogP contribution in [0.3, 0.4) is 0 Å². The smallest absolute Gasteiger partial charge is 0.269 e. The first kappa shape index (κ1) is 29.9. The SMILES string of the molecule is CCCCS(=O)(=O)OC1(C)CC(CCNC(=O)c2ccccn2)C(=O)C1c1c(C)cc(-n2cc(Cl)cn2)cc1C. The molecule has 1 aliphatic carbocycles. The number of nitrogens with one attached hydrogen (secondary N) is 1. The Morgan fingerprint density at radius 2 is 1.98 bits per heavy atom. The maximum Gasteiger partial charge on any atom is 0.269 e. The fourth-order valence-electron chi connectivity index (χ4n) is 5.60. The summed E-state index contributed by atoms with van der Waals surface area (Å²) in [7, 11) is -3.88. The molecule has 1 fully saturated rings. The number of Topliss-reactive ketones (excluding diaryl/α,β-unsaturated/α-hetero) is 1. The third-order valence-electron chi connectivity index (χ3n) is 7.37. The standard InChI is InChI=1S/C29H35ClN4O5S/c1-5-6-13-40(37,38)39-29(4)16-21(10-12-32-28(36)24-9-7-8-11-31-24)27(35)26(29)25-19(2)14-23(15-20(25)3)34-18-22(30)17-33-34/h7-9,11,14-15,17-18,21,26H,5-6,10,12-13,16H2,1-4H3,(H,32,36). The lowest BCUT2D eigenvalue weighted by atomic mass is 9.81. The van der Waals surface area contributed by atoms with Gasteiger partial charge in [-0.1, -0.05) is 31.0 Å². The molecule has 3 aromatic rings. The topological polar surface area (TPSA) is 120 Å². The molecule has 214 valence electrons. The maximum absolute atomic E-state index is 14.0. The molecule has 2 heterocycles. The van der Waals surface area contributed by atoms with Crippen molar-refractivity contribution in [1.29, 1.82) is 0 Å². The molecule has 0 radical (unpaired) electrons. The number of benzene rings is 1. The number of amides is 1. The van der Waals surface area contributed by atoms with Crippen LogP contribution in [0.2, 0.25) is 5.02 Å². The van der Waals surface area contributed by atoms with Crippen LogP contribution in [0.4, 0.5) is 0 Å². The van der Waals surface area contributed by atoms with Gasteiger partial charge in [0, 0.05) is 24.9 Å². The number of pyridine rings is 1. The number of aryl methyl sites for hydroxylation is 2. The summed E-state index contributed by atoms with van der Waals surface area (Å²) in [6.45, 7) is 7.67. The van der Waals surface area contributed by atoms with E-state index in [2.05, 4.69) is 15.4 Å². The minimum atomic E-state index is -3.88. The molecule has 4 rings (SSSR count). The average Bonchev–Trinajstić information content (AvgIpc) is 3.43. The lowest BCUT2D eigenvalue weighted by Crippen LogP contribution is -2.37. The summed E-state index contributed by atoms with van der Waals surface area (Å²) < 4.78 is 33.5. The highest BCUT2D eigenvalue weighted by Crippen LogP contribution is 2.49. The van der Waals surface area contributed by atoms with Gasteiger partial charge < -0.3 is 5.32 Å². The second-order valence-electron chi connectivity index (χ2n) is 10.6. The van der Waals surface area contributed by atoms with Crippen molar-refractivity contribution in [3.05, 3.63) is 76.3 Å². The molecule has 1 saturated carbocycles.